The van der Waals surface area contributed by atoms with Crippen LogP contribution in [0.2, 0.25) is 0 Å². The topological polar surface area (TPSA) is 0 Å². The Morgan fingerprint density at radius 3 is 2.31 bits per heavy atom. The Balaban J connectivity index is 1.48. The summed E-state index contributed by atoms with van der Waals surface area (Å²) >= 11 is 0. The summed E-state index contributed by atoms with van der Waals surface area (Å²) in [6.07, 6.45) is 12.7. The van der Waals surface area contributed by atoms with Crippen molar-refractivity contribution in [1.29, 1.82) is 0 Å². The monoisotopic (exact) mass is 342 g/mol. The molecule has 26 heavy (non-hydrogen) atoms. The van der Waals surface area contributed by atoms with Gasteiger partial charge in [-0.1, -0.05) is 112 Å². The van der Waals surface area contributed by atoms with Gasteiger partial charge in [0.05, 0.1) is 0 Å². The molecule has 1 saturated carbocycles. The van der Waals surface area contributed by atoms with Crippen LogP contribution in [0.15, 0.2) is 66.7 Å². The molecule has 3 aromatic carbocycles. The van der Waals surface area contributed by atoms with Gasteiger partial charge in [0, 0.05) is 0 Å². The lowest BCUT2D eigenvalue weighted by Crippen LogP contribution is -2.06. The molecule has 134 valence electrons. The molecule has 0 amide bonds. The van der Waals surface area contributed by atoms with Crippen LogP contribution in [0.5, 0.6) is 0 Å². The summed E-state index contributed by atoms with van der Waals surface area (Å²) in [5, 5.41) is 2.70. The summed E-state index contributed by atoms with van der Waals surface area (Å²) < 4.78 is 0. The van der Waals surface area contributed by atoms with Crippen molar-refractivity contribution in [2.75, 3.05) is 0 Å². The van der Waals surface area contributed by atoms with Crippen LogP contribution in [0.4, 0.5) is 0 Å². The van der Waals surface area contributed by atoms with Crippen molar-refractivity contribution < 1.29 is 0 Å². The molecule has 3 aromatic rings. The van der Waals surface area contributed by atoms with Gasteiger partial charge in [-0.2, -0.15) is 0 Å². The highest BCUT2D eigenvalue weighted by Crippen LogP contribution is 2.32. The van der Waals surface area contributed by atoms with Gasteiger partial charge in [-0.25, -0.2) is 0 Å². The molecule has 0 unspecified atom stereocenters. The average molecular weight is 343 g/mol. The van der Waals surface area contributed by atoms with Gasteiger partial charge in [-0.3, -0.25) is 0 Å². The van der Waals surface area contributed by atoms with E-state index in [1.54, 1.807) is 0 Å². The molecule has 0 heterocycles. The largest absolute Gasteiger partial charge is 0.0620 e. The van der Waals surface area contributed by atoms with Crippen LogP contribution < -0.4 is 0 Å². The number of hydrogen-bond donors (Lipinski definition) is 0. The molecule has 0 radical (unpaired) electrons. The molecule has 1 aliphatic carbocycles. The van der Waals surface area contributed by atoms with E-state index in [0.717, 1.165) is 5.92 Å². The van der Waals surface area contributed by atoms with Crippen molar-refractivity contribution in [3.8, 4) is 11.1 Å². The van der Waals surface area contributed by atoms with Gasteiger partial charge in [-0.05, 0) is 46.2 Å². The molecule has 0 heteroatoms. The second-order valence-electron chi connectivity index (χ2n) is 7.93. The van der Waals surface area contributed by atoms with Crippen LogP contribution in [0.1, 0.15) is 56.9 Å². The molecule has 1 aliphatic rings. The summed E-state index contributed by atoms with van der Waals surface area (Å²) in [6.45, 7) is 0. The third kappa shape index (κ3) is 4.01. The van der Waals surface area contributed by atoms with Crippen molar-refractivity contribution in [3.63, 3.8) is 0 Å². The Hall–Kier alpha value is -2.08. The SMILES string of the molecule is c1ccc(-c2cccc3ccccc23)c(CCCCC2CCCCC2)c1. The van der Waals surface area contributed by atoms with Gasteiger partial charge in [0.2, 0.25) is 0 Å². The van der Waals surface area contributed by atoms with Gasteiger partial charge in [0.25, 0.3) is 0 Å². The summed E-state index contributed by atoms with van der Waals surface area (Å²) in [6, 6.07) is 24.5. The highest BCUT2D eigenvalue weighted by molar-refractivity contribution is 5.97. The Kier molecular flexibility index (Phi) is 5.69. The van der Waals surface area contributed by atoms with Gasteiger partial charge in [0.1, 0.15) is 0 Å². The minimum atomic E-state index is 1.01. The Labute approximate surface area is 158 Å². The summed E-state index contributed by atoms with van der Waals surface area (Å²) in [5.74, 6) is 1.01. The van der Waals surface area contributed by atoms with E-state index in [1.807, 2.05) is 0 Å². The summed E-state index contributed by atoms with van der Waals surface area (Å²) in [7, 11) is 0. The maximum absolute atomic E-state index is 2.33. The lowest BCUT2D eigenvalue weighted by Gasteiger charge is -2.21. The zero-order valence-corrected chi connectivity index (χ0v) is 15.8. The van der Waals surface area contributed by atoms with Crippen molar-refractivity contribution in [2.45, 2.75) is 57.8 Å². The number of aryl methyl sites for hydroxylation is 1. The maximum atomic E-state index is 2.33. The molecule has 0 aliphatic heterocycles. The van der Waals surface area contributed by atoms with E-state index >= 15 is 0 Å². The van der Waals surface area contributed by atoms with Crippen molar-refractivity contribution in [3.05, 3.63) is 72.3 Å². The standard InChI is InChI=1S/C26H30/c1-2-11-21(12-3-1)13-4-5-14-22-15-6-8-18-24(22)26-20-10-17-23-16-7-9-19-25(23)26/h6-10,15-21H,1-5,11-14H2. The van der Waals surface area contributed by atoms with Crippen molar-refractivity contribution >= 4 is 10.8 Å². The molecule has 0 spiro atoms. The van der Waals surface area contributed by atoms with E-state index in [9.17, 15) is 0 Å². The highest BCUT2D eigenvalue weighted by Gasteiger charge is 2.13. The molecule has 0 N–H and O–H groups in total. The fraction of sp³-hybridized carbons (Fsp3) is 0.385. The van der Waals surface area contributed by atoms with Crippen LogP contribution in [0.25, 0.3) is 21.9 Å². The van der Waals surface area contributed by atoms with Gasteiger partial charge < -0.3 is 0 Å². The fourth-order valence-corrected chi connectivity index (χ4v) is 4.69. The van der Waals surface area contributed by atoms with Crippen LogP contribution in [-0.4, -0.2) is 0 Å². The molecule has 0 atom stereocenters. The number of hydrogen-bond acceptors (Lipinski definition) is 0. The first-order valence-electron chi connectivity index (χ1n) is 10.5. The number of fused-ring (bicyclic) bond motifs is 1. The smallest absolute Gasteiger partial charge is 0.0103 e. The van der Waals surface area contributed by atoms with E-state index in [2.05, 4.69) is 66.7 Å². The second kappa shape index (κ2) is 8.54. The highest BCUT2D eigenvalue weighted by atomic mass is 14.2. The lowest BCUT2D eigenvalue weighted by molar-refractivity contribution is 0.330. The fourth-order valence-electron chi connectivity index (χ4n) is 4.69. The first-order valence-corrected chi connectivity index (χ1v) is 10.5. The van der Waals surface area contributed by atoms with E-state index in [-0.39, 0.29) is 0 Å². The van der Waals surface area contributed by atoms with Crippen LogP contribution in [-0.2, 0) is 6.42 Å². The quantitative estimate of drug-likeness (QED) is 0.401. The Bertz CT molecular complexity index is 834. The van der Waals surface area contributed by atoms with Gasteiger partial charge >= 0.3 is 0 Å². The Morgan fingerprint density at radius 2 is 1.38 bits per heavy atom. The zero-order valence-electron chi connectivity index (χ0n) is 15.8. The molecule has 0 saturated heterocycles. The predicted molar refractivity (Wildman–Crippen MR) is 114 cm³/mol. The van der Waals surface area contributed by atoms with E-state index in [0.29, 0.717) is 0 Å². The van der Waals surface area contributed by atoms with E-state index < -0.39 is 0 Å². The minimum Gasteiger partial charge on any atom is -0.0620 e. The third-order valence-electron chi connectivity index (χ3n) is 6.13. The van der Waals surface area contributed by atoms with Crippen molar-refractivity contribution in [2.24, 2.45) is 5.92 Å². The summed E-state index contributed by atoms with van der Waals surface area (Å²) in [4.78, 5) is 0. The zero-order chi connectivity index (χ0) is 17.6. The molecule has 0 nitrogen and oxygen atoms in total. The van der Waals surface area contributed by atoms with Crippen LogP contribution >= 0.6 is 0 Å². The molecular weight excluding hydrogens is 312 g/mol. The molecule has 1 fully saturated rings. The summed E-state index contributed by atoms with van der Waals surface area (Å²) in [5.41, 5.74) is 4.31. The first-order chi connectivity index (χ1) is 12.9. The molecule has 4 rings (SSSR count). The average Bonchev–Trinajstić information content (AvgIpc) is 2.72. The normalized spacial score (nSPS) is 15.4. The lowest BCUT2D eigenvalue weighted by atomic mass is 9.85. The number of unbranched alkanes of at least 4 members (excludes halogenated alkanes) is 1. The van der Waals surface area contributed by atoms with Crippen LogP contribution in [0, 0.1) is 5.92 Å². The third-order valence-corrected chi connectivity index (χ3v) is 6.13. The van der Waals surface area contributed by atoms with Crippen molar-refractivity contribution in [1.82, 2.24) is 0 Å². The molecule has 0 bridgehead atoms. The van der Waals surface area contributed by atoms with E-state index in [4.69, 9.17) is 0 Å². The molecule has 0 aromatic heterocycles. The predicted octanol–water partition coefficient (Wildman–Crippen LogP) is 7.80. The Morgan fingerprint density at radius 1 is 0.654 bits per heavy atom. The number of benzene rings is 3. The number of rotatable bonds is 6. The van der Waals surface area contributed by atoms with Crippen LogP contribution in [0.3, 0.4) is 0 Å². The molecular formula is C26H30. The van der Waals surface area contributed by atoms with Gasteiger partial charge in [0.15, 0.2) is 0 Å². The minimum absolute atomic E-state index is 1.01. The second-order valence-corrected chi connectivity index (χ2v) is 7.93. The first kappa shape index (κ1) is 17.3. The van der Waals surface area contributed by atoms with E-state index in [1.165, 1.54) is 85.3 Å². The maximum Gasteiger partial charge on any atom is -0.0103 e. The van der Waals surface area contributed by atoms with Gasteiger partial charge in [-0.15, -0.1) is 0 Å².